The number of carbonyl (C=O) groups excluding carboxylic acids is 1. The van der Waals surface area contributed by atoms with Gasteiger partial charge in [-0.1, -0.05) is 44.9 Å². The Kier molecular flexibility index (Phi) is 8.10. The van der Waals surface area contributed by atoms with Gasteiger partial charge in [-0.25, -0.2) is 8.42 Å². The molecule has 1 saturated carbocycles. The fourth-order valence-corrected chi connectivity index (χ4v) is 4.25. The fourth-order valence-electron chi connectivity index (χ4n) is 3.38. The first-order valence-electron chi connectivity index (χ1n) is 9.74. The molecule has 0 radical (unpaired) electrons. The highest BCUT2D eigenvalue weighted by Gasteiger charge is 2.23. The predicted molar refractivity (Wildman–Crippen MR) is 109 cm³/mol. The molecule has 0 aromatic heterocycles. The summed E-state index contributed by atoms with van der Waals surface area (Å²) < 4.78 is 31.5. The van der Waals surface area contributed by atoms with E-state index in [4.69, 9.17) is 4.74 Å². The lowest BCUT2D eigenvalue weighted by Crippen LogP contribution is -2.41. The highest BCUT2D eigenvalue weighted by Crippen LogP contribution is 2.28. The van der Waals surface area contributed by atoms with E-state index in [1.807, 2.05) is 26.0 Å². The molecule has 1 aliphatic rings. The van der Waals surface area contributed by atoms with Crippen LogP contribution in [0.4, 0.5) is 5.69 Å². The zero-order valence-corrected chi connectivity index (χ0v) is 17.4. The van der Waals surface area contributed by atoms with E-state index in [-0.39, 0.29) is 18.4 Å². The van der Waals surface area contributed by atoms with Crippen molar-refractivity contribution in [1.82, 2.24) is 5.32 Å². The van der Waals surface area contributed by atoms with Crippen molar-refractivity contribution in [1.29, 1.82) is 0 Å². The van der Waals surface area contributed by atoms with Gasteiger partial charge in [-0.3, -0.25) is 9.10 Å². The summed E-state index contributed by atoms with van der Waals surface area (Å²) in [7, 11) is -3.57. The van der Waals surface area contributed by atoms with E-state index in [0.717, 1.165) is 31.1 Å². The summed E-state index contributed by atoms with van der Waals surface area (Å²) in [6.45, 7) is 4.89. The van der Waals surface area contributed by atoms with Crippen molar-refractivity contribution < 1.29 is 17.9 Å². The van der Waals surface area contributed by atoms with Crippen LogP contribution in [0, 0.1) is 0 Å². The summed E-state index contributed by atoms with van der Waals surface area (Å²) in [5.74, 6) is -0.152. The Balaban J connectivity index is 1.89. The molecule has 2 rings (SSSR count). The summed E-state index contributed by atoms with van der Waals surface area (Å²) in [6.07, 6.45) is 6.96. The Morgan fingerprint density at radius 2 is 1.93 bits per heavy atom. The molecule has 1 aromatic carbocycles. The molecule has 1 amide bonds. The summed E-state index contributed by atoms with van der Waals surface area (Å²) in [4.78, 5) is 12.3. The van der Waals surface area contributed by atoms with Crippen molar-refractivity contribution in [3.63, 3.8) is 0 Å². The standard InChI is InChI=1S/C20H32N2O4S/c1-16(2)18-11-6-7-12-19(18)22(27(3,24)25)15-20(23)21-13-8-14-26-17-9-4-5-10-17/h6-7,11-12,16-17H,4-5,8-10,13-15H2,1-3H3,(H,21,23). The van der Waals surface area contributed by atoms with E-state index < -0.39 is 10.0 Å². The van der Waals surface area contributed by atoms with Gasteiger partial charge in [0.1, 0.15) is 6.54 Å². The average molecular weight is 397 g/mol. The van der Waals surface area contributed by atoms with Gasteiger partial charge in [-0.2, -0.15) is 0 Å². The van der Waals surface area contributed by atoms with Crippen molar-refractivity contribution in [2.75, 3.05) is 30.3 Å². The molecule has 0 saturated heterocycles. The van der Waals surface area contributed by atoms with E-state index in [1.165, 1.54) is 17.1 Å². The average Bonchev–Trinajstić information content (AvgIpc) is 3.12. The van der Waals surface area contributed by atoms with E-state index in [2.05, 4.69) is 5.32 Å². The molecule has 27 heavy (non-hydrogen) atoms. The van der Waals surface area contributed by atoms with Crippen LogP contribution in [0.3, 0.4) is 0 Å². The highest BCUT2D eigenvalue weighted by atomic mass is 32.2. The third-order valence-corrected chi connectivity index (χ3v) is 5.94. The van der Waals surface area contributed by atoms with Gasteiger partial charge >= 0.3 is 0 Å². The zero-order valence-electron chi connectivity index (χ0n) is 16.6. The number of ether oxygens (including phenoxy) is 1. The number of amides is 1. The van der Waals surface area contributed by atoms with Crippen LogP contribution in [0.1, 0.15) is 57.4 Å². The largest absolute Gasteiger partial charge is 0.378 e. The molecule has 7 heteroatoms. The molecule has 0 atom stereocenters. The lowest BCUT2D eigenvalue weighted by molar-refractivity contribution is -0.119. The molecular weight excluding hydrogens is 364 g/mol. The van der Waals surface area contributed by atoms with E-state index in [9.17, 15) is 13.2 Å². The molecule has 0 bridgehead atoms. The fraction of sp³-hybridized carbons (Fsp3) is 0.650. The molecule has 0 aliphatic heterocycles. The van der Waals surface area contributed by atoms with Crippen molar-refractivity contribution in [3.8, 4) is 0 Å². The van der Waals surface area contributed by atoms with Crippen molar-refractivity contribution in [3.05, 3.63) is 29.8 Å². The number of hydrogen-bond donors (Lipinski definition) is 1. The van der Waals surface area contributed by atoms with Crippen LogP contribution in [-0.2, 0) is 19.6 Å². The van der Waals surface area contributed by atoms with Gasteiger partial charge in [0.15, 0.2) is 0 Å². The van der Waals surface area contributed by atoms with E-state index in [1.54, 1.807) is 12.1 Å². The normalized spacial score (nSPS) is 15.3. The number of nitrogens with zero attached hydrogens (tertiary/aromatic N) is 1. The van der Waals surface area contributed by atoms with Crippen molar-refractivity contribution in [2.45, 2.75) is 58.0 Å². The maximum atomic E-state index is 12.3. The highest BCUT2D eigenvalue weighted by molar-refractivity contribution is 7.92. The Morgan fingerprint density at radius 3 is 2.56 bits per heavy atom. The summed E-state index contributed by atoms with van der Waals surface area (Å²) in [5.41, 5.74) is 1.47. The number of benzene rings is 1. The van der Waals surface area contributed by atoms with E-state index in [0.29, 0.717) is 24.9 Å². The maximum absolute atomic E-state index is 12.3. The minimum absolute atomic E-state index is 0.154. The summed E-state index contributed by atoms with van der Waals surface area (Å²) >= 11 is 0. The zero-order chi connectivity index (χ0) is 19.9. The van der Waals surface area contributed by atoms with Crippen molar-refractivity contribution in [2.24, 2.45) is 0 Å². The molecule has 0 unspecified atom stereocenters. The van der Waals surface area contributed by atoms with Crippen LogP contribution < -0.4 is 9.62 Å². The molecule has 1 N–H and O–H groups in total. The second kappa shape index (κ2) is 10.1. The minimum atomic E-state index is -3.57. The van der Waals surface area contributed by atoms with Crippen LogP contribution in [0.15, 0.2) is 24.3 Å². The molecule has 152 valence electrons. The van der Waals surface area contributed by atoms with Crippen molar-refractivity contribution >= 4 is 21.6 Å². The molecule has 6 nitrogen and oxygen atoms in total. The SMILES string of the molecule is CC(C)c1ccccc1N(CC(=O)NCCCOC1CCCC1)S(C)(=O)=O. The smallest absolute Gasteiger partial charge is 0.240 e. The lowest BCUT2D eigenvalue weighted by atomic mass is 10.0. The van der Waals surface area contributed by atoms with Crippen LogP contribution in [-0.4, -0.2) is 46.4 Å². The molecule has 1 aliphatic carbocycles. The number of para-hydroxylation sites is 1. The molecule has 1 fully saturated rings. The minimum Gasteiger partial charge on any atom is -0.378 e. The molecular formula is C20H32N2O4S. The number of hydrogen-bond acceptors (Lipinski definition) is 4. The Morgan fingerprint density at radius 1 is 1.26 bits per heavy atom. The van der Waals surface area contributed by atoms with Gasteiger partial charge in [0.2, 0.25) is 15.9 Å². The van der Waals surface area contributed by atoms with Gasteiger partial charge in [-0.15, -0.1) is 0 Å². The second-order valence-corrected chi connectivity index (χ2v) is 9.37. The Hall–Kier alpha value is -1.60. The van der Waals surface area contributed by atoms with Gasteiger partial charge in [-0.05, 0) is 36.8 Å². The van der Waals surface area contributed by atoms with Crippen LogP contribution in [0.25, 0.3) is 0 Å². The van der Waals surface area contributed by atoms with Gasteiger partial charge in [0.05, 0.1) is 18.0 Å². The maximum Gasteiger partial charge on any atom is 0.240 e. The second-order valence-electron chi connectivity index (χ2n) is 7.46. The number of rotatable bonds is 10. The lowest BCUT2D eigenvalue weighted by Gasteiger charge is -2.25. The quantitative estimate of drug-likeness (QED) is 0.617. The first-order valence-corrected chi connectivity index (χ1v) is 11.6. The van der Waals surface area contributed by atoms with Gasteiger partial charge in [0, 0.05) is 13.2 Å². The number of sulfonamides is 1. The molecule has 1 aromatic rings. The molecule has 0 heterocycles. The van der Waals surface area contributed by atoms with Gasteiger partial charge in [0.25, 0.3) is 0 Å². The Labute approximate surface area is 163 Å². The first kappa shape index (κ1) is 21.7. The van der Waals surface area contributed by atoms with Gasteiger partial charge < -0.3 is 10.1 Å². The monoisotopic (exact) mass is 396 g/mol. The summed E-state index contributed by atoms with van der Waals surface area (Å²) in [6, 6.07) is 7.32. The predicted octanol–water partition coefficient (Wildman–Crippen LogP) is 3.04. The van der Waals surface area contributed by atoms with Crippen LogP contribution in [0.2, 0.25) is 0 Å². The number of carbonyl (C=O) groups is 1. The van der Waals surface area contributed by atoms with Crippen LogP contribution >= 0.6 is 0 Å². The van der Waals surface area contributed by atoms with Crippen LogP contribution in [0.5, 0.6) is 0 Å². The third kappa shape index (κ3) is 6.81. The molecule has 0 spiro atoms. The number of nitrogens with one attached hydrogen (secondary N) is 1. The van der Waals surface area contributed by atoms with E-state index >= 15 is 0 Å². The third-order valence-electron chi connectivity index (χ3n) is 4.81. The number of anilines is 1. The summed E-state index contributed by atoms with van der Waals surface area (Å²) in [5, 5.41) is 2.80. The first-order chi connectivity index (χ1) is 12.8. The topological polar surface area (TPSA) is 75.7 Å². The Bertz CT molecular complexity index is 712.